The van der Waals surface area contributed by atoms with E-state index >= 15 is 0 Å². The van der Waals surface area contributed by atoms with Crippen molar-refractivity contribution in [1.82, 2.24) is 0 Å². The molecular weight excluding hydrogens is 385 g/mol. The predicted molar refractivity (Wildman–Crippen MR) is 101 cm³/mol. The van der Waals surface area contributed by atoms with Crippen LogP contribution in [0.2, 0.25) is 0 Å². The number of oxime groups is 1. The van der Waals surface area contributed by atoms with Crippen molar-refractivity contribution in [3.8, 4) is 0 Å². The van der Waals surface area contributed by atoms with Crippen molar-refractivity contribution in [3.05, 3.63) is 59.4 Å². The molecule has 1 aliphatic rings. The van der Waals surface area contributed by atoms with Gasteiger partial charge in [-0.3, -0.25) is 0 Å². The van der Waals surface area contributed by atoms with Gasteiger partial charge in [0.15, 0.2) is 0 Å². The van der Waals surface area contributed by atoms with Gasteiger partial charge in [-0.2, -0.15) is 0 Å². The number of benzene rings is 2. The van der Waals surface area contributed by atoms with Gasteiger partial charge >= 0.3 is 0 Å². The SMILES string of the molecule is CC(=NO)c1ccc(S(=O)(=O)c2cc(F)cc([C@@]3(O)CCO[C@@H](C)C3)c2)cc1. The lowest BCUT2D eigenvalue weighted by Crippen LogP contribution is -2.37. The van der Waals surface area contributed by atoms with E-state index in [1.807, 2.05) is 0 Å². The van der Waals surface area contributed by atoms with E-state index in [1.54, 1.807) is 13.8 Å². The number of hydrogen-bond acceptors (Lipinski definition) is 6. The Balaban J connectivity index is 2.02. The van der Waals surface area contributed by atoms with Crippen LogP contribution in [0.25, 0.3) is 0 Å². The van der Waals surface area contributed by atoms with Gasteiger partial charge in [0.25, 0.3) is 0 Å². The number of nitrogens with zero attached hydrogens (tertiary/aromatic N) is 1. The van der Waals surface area contributed by atoms with Gasteiger partial charge in [0.1, 0.15) is 5.82 Å². The molecule has 0 unspecified atom stereocenters. The molecule has 0 aliphatic carbocycles. The standard InChI is InChI=1S/C20H22FNO5S/c1-13-12-20(23,7-8-27-13)16-9-17(21)11-19(10-16)28(25,26)18-5-3-15(4-6-18)14(2)22-24/h3-6,9-11,13,23-24H,7-8,12H2,1-2H3/t13-,20+/m0/s1. The third-order valence-electron chi connectivity index (χ3n) is 4.99. The average Bonchev–Trinajstić information content (AvgIpc) is 2.67. The van der Waals surface area contributed by atoms with Crippen LogP contribution in [0.5, 0.6) is 0 Å². The first-order valence-corrected chi connectivity index (χ1v) is 10.3. The number of ether oxygens (including phenoxy) is 1. The van der Waals surface area contributed by atoms with Gasteiger partial charge in [-0.1, -0.05) is 17.3 Å². The van der Waals surface area contributed by atoms with Gasteiger partial charge in [0, 0.05) is 12.8 Å². The second-order valence-electron chi connectivity index (χ2n) is 7.06. The number of halogens is 1. The Labute approximate surface area is 163 Å². The third kappa shape index (κ3) is 3.94. The second kappa shape index (κ2) is 7.62. The number of hydrogen-bond donors (Lipinski definition) is 2. The smallest absolute Gasteiger partial charge is 0.206 e. The van der Waals surface area contributed by atoms with Crippen LogP contribution < -0.4 is 0 Å². The molecule has 0 spiro atoms. The van der Waals surface area contributed by atoms with Gasteiger partial charge in [0.05, 0.1) is 33.8 Å². The average molecular weight is 407 g/mol. The number of rotatable bonds is 4. The molecule has 1 saturated heterocycles. The molecule has 1 aliphatic heterocycles. The highest BCUT2D eigenvalue weighted by Crippen LogP contribution is 2.36. The van der Waals surface area contributed by atoms with Crippen LogP contribution in [0, 0.1) is 5.82 Å². The third-order valence-corrected chi connectivity index (χ3v) is 6.74. The van der Waals surface area contributed by atoms with Crippen molar-refractivity contribution in [2.24, 2.45) is 5.16 Å². The van der Waals surface area contributed by atoms with E-state index in [1.165, 1.54) is 36.4 Å². The van der Waals surface area contributed by atoms with Crippen LogP contribution in [0.15, 0.2) is 57.4 Å². The molecule has 0 aromatic heterocycles. The normalized spacial score (nSPS) is 23.6. The fraction of sp³-hybridized carbons (Fsp3) is 0.350. The molecule has 6 nitrogen and oxygen atoms in total. The maximum Gasteiger partial charge on any atom is 0.206 e. The summed E-state index contributed by atoms with van der Waals surface area (Å²) in [6, 6.07) is 9.20. The van der Waals surface area contributed by atoms with E-state index in [-0.39, 0.29) is 34.3 Å². The fourth-order valence-electron chi connectivity index (χ4n) is 3.38. The Kier molecular flexibility index (Phi) is 5.56. The van der Waals surface area contributed by atoms with Crippen LogP contribution in [0.4, 0.5) is 4.39 Å². The molecule has 2 N–H and O–H groups in total. The Hall–Kier alpha value is -2.29. The molecule has 2 aromatic carbocycles. The maximum absolute atomic E-state index is 14.3. The zero-order valence-corrected chi connectivity index (χ0v) is 16.4. The highest BCUT2D eigenvalue weighted by atomic mass is 32.2. The van der Waals surface area contributed by atoms with Crippen molar-refractivity contribution >= 4 is 15.5 Å². The highest BCUT2D eigenvalue weighted by Gasteiger charge is 2.36. The Morgan fingerprint density at radius 1 is 1.21 bits per heavy atom. The van der Waals surface area contributed by atoms with E-state index in [9.17, 15) is 17.9 Å². The number of aliphatic hydroxyl groups is 1. The molecule has 0 amide bonds. The summed E-state index contributed by atoms with van der Waals surface area (Å²) in [7, 11) is -4.00. The minimum atomic E-state index is -4.00. The van der Waals surface area contributed by atoms with E-state index < -0.39 is 21.3 Å². The molecule has 2 atom stereocenters. The lowest BCUT2D eigenvalue weighted by molar-refractivity contribution is -0.101. The van der Waals surface area contributed by atoms with Gasteiger partial charge < -0.3 is 15.1 Å². The Morgan fingerprint density at radius 3 is 2.50 bits per heavy atom. The minimum absolute atomic E-state index is 0.0223. The first-order valence-electron chi connectivity index (χ1n) is 8.85. The molecular formula is C20H22FNO5S. The summed E-state index contributed by atoms with van der Waals surface area (Å²) in [6.07, 6.45) is 0.296. The summed E-state index contributed by atoms with van der Waals surface area (Å²) in [6.45, 7) is 3.70. The van der Waals surface area contributed by atoms with E-state index in [4.69, 9.17) is 9.94 Å². The molecule has 8 heteroatoms. The molecule has 1 heterocycles. The van der Waals surface area contributed by atoms with E-state index in [2.05, 4.69) is 5.16 Å². The summed E-state index contributed by atoms with van der Waals surface area (Å²) in [5, 5.41) is 22.8. The van der Waals surface area contributed by atoms with E-state index in [0.29, 0.717) is 17.9 Å². The molecule has 0 saturated carbocycles. The van der Waals surface area contributed by atoms with Crippen LogP contribution in [-0.2, 0) is 20.2 Å². The first kappa shape index (κ1) is 20.4. The summed E-state index contributed by atoms with van der Waals surface area (Å²) < 4.78 is 45.7. The molecule has 3 rings (SSSR count). The second-order valence-corrected chi connectivity index (χ2v) is 9.01. The van der Waals surface area contributed by atoms with Gasteiger partial charge in [-0.15, -0.1) is 0 Å². The molecule has 0 bridgehead atoms. The minimum Gasteiger partial charge on any atom is -0.411 e. The van der Waals surface area contributed by atoms with Crippen LogP contribution >= 0.6 is 0 Å². The quantitative estimate of drug-likeness (QED) is 0.461. The zero-order valence-electron chi connectivity index (χ0n) is 15.6. The maximum atomic E-state index is 14.3. The topological polar surface area (TPSA) is 96.2 Å². The fourth-order valence-corrected chi connectivity index (χ4v) is 4.70. The monoisotopic (exact) mass is 407 g/mol. The Bertz CT molecular complexity index is 1000. The van der Waals surface area contributed by atoms with Crippen LogP contribution in [-0.4, -0.2) is 37.2 Å². The first-order chi connectivity index (χ1) is 13.2. The summed E-state index contributed by atoms with van der Waals surface area (Å²) in [5.74, 6) is -0.733. The van der Waals surface area contributed by atoms with Crippen molar-refractivity contribution in [3.63, 3.8) is 0 Å². The predicted octanol–water partition coefficient (Wildman–Crippen LogP) is 3.24. The van der Waals surface area contributed by atoms with Crippen molar-refractivity contribution < 1.29 is 27.9 Å². The molecule has 150 valence electrons. The summed E-state index contributed by atoms with van der Waals surface area (Å²) >= 11 is 0. The summed E-state index contributed by atoms with van der Waals surface area (Å²) in [4.78, 5) is -0.249. The highest BCUT2D eigenvalue weighted by molar-refractivity contribution is 7.91. The zero-order chi connectivity index (χ0) is 20.5. The molecule has 1 fully saturated rings. The molecule has 28 heavy (non-hydrogen) atoms. The van der Waals surface area contributed by atoms with Gasteiger partial charge in [0.2, 0.25) is 9.84 Å². The van der Waals surface area contributed by atoms with Crippen molar-refractivity contribution in [1.29, 1.82) is 0 Å². The largest absolute Gasteiger partial charge is 0.411 e. The van der Waals surface area contributed by atoms with Crippen LogP contribution in [0.3, 0.4) is 0 Å². The summed E-state index contributed by atoms with van der Waals surface area (Å²) in [5.41, 5.74) is -0.219. The lowest BCUT2D eigenvalue weighted by Gasteiger charge is -2.36. The van der Waals surface area contributed by atoms with Gasteiger partial charge in [-0.25, -0.2) is 12.8 Å². The lowest BCUT2D eigenvalue weighted by atomic mass is 9.84. The van der Waals surface area contributed by atoms with Gasteiger partial charge in [-0.05, 0) is 55.3 Å². The molecule has 0 radical (unpaired) electrons. The van der Waals surface area contributed by atoms with Crippen LogP contribution in [0.1, 0.15) is 37.8 Å². The number of sulfone groups is 1. The molecule has 2 aromatic rings. The Morgan fingerprint density at radius 2 is 1.89 bits per heavy atom. The van der Waals surface area contributed by atoms with E-state index in [0.717, 1.165) is 6.07 Å². The van der Waals surface area contributed by atoms with Crippen molar-refractivity contribution in [2.75, 3.05) is 6.61 Å². The van der Waals surface area contributed by atoms with Crippen molar-refractivity contribution in [2.45, 2.75) is 48.2 Å².